The molecule has 7 nitrogen and oxygen atoms in total. The molecule has 1 aliphatic rings. The summed E-state index contributed by atoms with van der Waals surface area (Å²) in [6, 6.07) is 1.70. The van der Waals surface area contributed by atoms with Crippen molar-refractivity contribution in [1.82, 2.24) is 14.5 Å². The molecule has 1 aromatic carbocycles. The minimum atomic E-state index is -0.930. The van der Waals surface area contributed by atoms with Gasteiger partial charge in [0.2, 0.25) is 5.91 Å². The van der Waals surface area contributed by atoms with Gasteiger partial charge in [-0.2, -0.15) is 0 Å². The highest BCUT2D eigenvalue weighted by atomic mass is 79.9. The van der Waals surface area contributed by atoms with E-state index in [0.29, 0.717) is 29.5 Å². The Balaban J connectivity index is 1.63. The number of hydrogen-bond acceptors (Lipinski definition) is 5. The Morgan fingerprint density at radius 3 is 2.62 bits per heavy atom. The normalized spacial score (nSPS) is 14.1. The highest BCUT2D eigenvalue weighted by molar-refractivity contribution is 9.10. The number of rotatable bonds is 4. The summed E-state index contributed by atoms with van der Waals surface area (Å²) in [6.45, 7) is 2.84. The standard InChI is InChI=1S/C21H19BrF2N4O3S/c1-11-16-20(25-10-28(21(16)31)9-15(29)27-5-3-2-4-6-27)32-18(11)19(30)26-17-13(22)7-12(23)8-14(17)24/h7-8,10H,2-6,9H2,1H3,(H,26,30). The number of carbonyl (C=O) groups excluding carboxylic acids is 2. The molecule has 1 saturated heterocycles. The van der Waals surface area contributed by atoms with E-state index in [0.717, 1.165) is 36.7 Å². The first-order valence-electron chi connectivity index (χ1n) is 9.98. The number of aromatic nitrogens is 2. The number of hydrogen-bond donors (Lipinski definition) is 1. The van der Waals surface area contributed by atoms with Crippen molar-refractivity contribution in [2.75, 3.05) is 18.4 Å². The number of piperidine rings is 1. The van der Waals surface area contributed by atoms with Gasteiger partial charge in [0.15, 0.2) is 5.82 Å². The zero-order chi connectivity index (χ0) is 23.0. The molecule has 1 N–H and O–H groups in total. The second-order valence-electron chi connectivity index (χ2n) is 7.55. The van der Waals surface area contributed by atoms with Crippen molar-refractivity contribution in [2.24, 2.45) is 0 Å². The van der Waals surface area contributed by atoms with Crippen LogP contribution in [0.3, 0.4) is 0 Å². The number of fused-ring (bicyclic) bond motifs is 1. The molecule has 3 aromatic rings. The molecule has 0 aliphatic carbocycles. The molecule has 0 saturated carbocycles. The third-order valence-electron chi connectivity index (χ3n) is 5.38. The van der Waals surface area contributed by atoms with Crippen molar-refractivity contribution in [3.8, 4) is 0 Å². The van der Waals surface area contributed by atoms with Gasteiger partial charge >= 0.3 is 0 Å². The Morgan fingerprint density at radius 1 is 1.22 bits per heavy atom. The lowest BCUT2D eigenvalue weighted by Crippen LogP contribution is -2.39. The van der Waals surface area contributed by atoms with Gasteiger partial charge in [-0.1, -0.05) is 0 Å². The first kappa shape index (κ1) is 22.5. The van der Waals surface area contributed by atoms with Crippen LogP contribution >= 0.6 is 27.3 Å². The van der Waals surface area contributed by atoms with Crippen LogP contribution in [0, 0.1) is 18.6 Å². The lowest BCUT2D eigenvalue weighted by molar-refractivity contribution is -0.132. The average molecular weight is 525 g/mol. The van der Waals surface area contributed by atoms with Crippen molar-refractivity contribution in [3.63, 3.8) is 0 Å². The van der Waals surface area contributed by atoms with Crippen molar-refractivity contribution >= 4 is 55.0 Å². The number of nitrogens with one attached hydrogen (secondary N) is 1. The molecule has 0 spiro atoms. The number of carbonyl (C=O) groups is 2. The molecule has 2 aromatic heterocycles. The Hall–Kier alpha value is -2.66. The molecule has 0 atom stereocenters. The SMILES string of the molecule is Cc1c(C(=O)Nc2c(F)cc(F)cc2Br)sc2ncn(CC(=O)N3CCCCC3)c(=O)c12. The molecule has 1 fully saturated rings. The van der Waals surface area contributed by atoms with Crippen LogP contribution in [0.2, 0.25) is 0 Å². The second kappa shape index (κ2) is 9.07. The molecule has 3 heterocycles. The fourth-order valence-electron chi connectivity index (χ4n) is 3.71. The number of likely N-dealkylation sites (tertiary alicyclic amines) is 1. The predicted octanol–water partition coefficient (Wildman–Crippen LogP) is 4.07. The predicted molar refractivity (Wildman–Crippen MR) is 121 cm³/mol. The number of anilines is 1. The van der Waals surface area contributed by atoms with Gasteiger partial charge < -0.3 is 10.2 Å². The number of amides is 2. The summed E-state index contributed by atoms with van der Waals surface area (Å²) in [5, 5.41) is 2.66. The molecule has 2 amide bonds. The van der Waals surface area contributed by atoms with E-state index in [-0.39, 0.29) is 32.9 Å². The van der Waals surface area contributed by atoms with E-state index in [2.05, 4.69) is 26.2 Å². The Bertz CT molecular complexity index is 1260. The summed E-state index contributed by atoms with van der Waals surface area (Å²) in [5.41, 5.74) is -0.230. The number of benzene rings is 1. The zero-order valence-electron chi connectivity index (χ0n) is 17.1. The molecular weight excluding hydrogens is 506 g/mol. The van der Waals surface area contributed by atoms with Gasteiger partial charge in [0.05, 0.1) is 22.3 Å². The van der Waals surface area contributed by atoms with Crippen molar-refractivity contribution in [1.29, 1.82) is 0 Å². The molecule has 168 valence electrons. The second-order valence-corrected chi connectivity index (χ2v) is 9.41. The Morgan fingerprint density at radius 2 is 1.94 bits per heavy atom. The molecule has 0 unspecified atom stereocenters. The maximum absolute atomic E-state index is 14.1. The fraction of sp³-hybridized carbons (Fsp3) is 0.333. The van der Waals surface area contributed by atoms with Gasteiger partial charge in [0, 0.05) is 23.6 Å². The van der Waals surface area contributed by atoms with Gasteiger partial charge in [-0.15, -0.1) is 11.3 Å². The van der Waals surface area contributed by atoms with E-state index in [4.69, 9.17) is 0 Å². The zero-order valence-corrected chi connectivity index (χ0v) is 19.5. The topological polar surface area (TPSA) is 84.3 Å². The van der Waals surface area contributed by atoms with E-state index in [9.17, 15) is 23.2 Å². The first-order chi connectivity index (χ1) is 15.3. The quantitative estimate of drug-likeness (QED) is 0.557. The molecule has 1 aliphatic heterocycles. The molecular formula is C21H19BrF2N4O3S. The third kappa shape index (κ3) is 4.31. The van der Waals surface area contributed by atoms with Crippen LogP contribution in [0.15, 0.2) is 27.7 Å². The number of aryl methyl sites for hydroxylation is 1. The smallest absolute Gasteiger partial charge is 0.266 e. The first-order valence-corrected chi connectivity index (χ1v) is 11.6. The number of nitrogens with zero attached hydrogens (tertiary/aromatic N) is 3. The van der Waals surface area contributed by atoms with E-state index in [1.54, 1.807) is 11.8 Å². The highest BCUT2D eigenvalue weighted by Crippen LogP contribution is 2.31. The van der Waals surface area contributed by atoms with Gasteiger partial charge in [-0.3, -0.25) is 19.0 Å². The summed E-state index contributed by atoms with van der Waals surface area (Å²) in [4.78, 5) is 44.9. The highest BCUT2D eigenvalue weighted by Gasteiger charge is 2.23. The summed E-state index contributed by atoms with van der Waals surface area (Å²) >= 11 is 4.03. The largest absolute Gasteiger partial charge is 0.341 e. The molecule has 0 radical (unpaired) electrons. The lowest BCUT2D eigenvalue weighted by Gasteiger charge is -2.26. The third-order valence-corrected chi connectivity index (χ3v) is 7.21. The Kier molecular flexibility index (Phi) is 6.38. The minimum absolute atomic E-state index is 0.0545. The lowest BCUT2D eigenvalue weighted by atomic mass is 10.1. The maximum Gasteiger partial charge on any atom is 0.266 e. The van der Waals surface area contributed by atoms with Crippen LogP contribution in [0.4, 0.5) is 14.5 Å². The summed E-state index contributed by atoms with van der Waals surface area (Å²) in [6.07, 6.45) is 4.30. The van der Waals surface area contributed by atoms with Crippen LogP contribution < -0.4 is 10.9 Å². The van der Waals surface area contributed by atoms with E-state index in [1.165, 1.54) is 10.9 Å². The van der Waals surface area contributed by atoms with E-state index >= 15 is 0 Å². The van der Waals surface area contributed by atoms with Crippen LogP contribution in [-0.4, -0.2) is 39.4 Å². The van der Waals surface area contributed by atoms with Crippen molar-refractivity contribution < 1.29 is 18.4 Å². The molecule has 0 bridgehead atoms. The van der Waals surface area contributed by atoms with E-state index < -0.39 is 23.1 Å². The monoisotopic (exact) mass is 524 g/mol. The van der Waals surface area contributed by atoms with Gasteiger partial charge in [-0.25, -0.2) is 13.8 Å². The summed E-state index contributed by atoms with van der Waals surface area (Å²) in [7, 11) is 0. The van der Waals surface area contributed by atoms with Crippen LogP contribution in [0.25, 0.3) is 10.2 Å². The van der Waals surface area contributed by atoms with Crippen molar-refractivity contribution in [3.05, 3.63) is 55.4 Å². The van der Waals surface area contributed by atoms with Crippen LogP contribution in [0.1, 0.15) is 34.5 Å². The van der Waals surface area contributed by atoms with Gasteiger partial charge in [0.1, 0.15) is 17.2 Å². The Labute approximate surface area is 194 Å². The number of thiophene rings is 1. The number of halogens is 3. The summed E-state index contributed by atoms with van der Waals surface area (Å²) < 4.78 is 28.7. The molecule has 4 rings (SSSR count). The fourth-order valence-corrected chi connectivity index (χ4v) is 5.25. The minimum Gasteiger partial charge on any atom is -0.341 e. The molecule has 11 heteroatoms. The van der Waals surface area contributed by atoms with Crippen molar-refractivity contribution in [2.45, 2.75) is 32.7 Å². The van der Waals surface area contributed by atoms with Gasteiger partial charge in [0.25, 0.3) is 11.5 Å². The average Bonchev–Trinajstić information content (AvgIpc) is 3.10. The van der Waals surface area contributed by atoms with E-state index in [1.807, 2.05) is 0 Å². The van der Waals surface area contributed by atoms with Crippen LogP contribution in [-0.2, 0) is 11.3 Å². The molecule has 32 heavy (non-hydrogen) atoms. The van der Waals surface area contributed by atoms with Gasteiger partial charge in [-0.05, 0) is 53.7 Å². The maximum atomic E-state index is 14.1. The summed E-state index contributed by atoms with van der Waals surface area (Å²) in [5.74, 6) is -2.50. The van der Waals surface area contributed by atoms with Crippen LogP contribution in [0.5, 0.6) is 0 Å².